The van der Waals surface area contributed by atoms with Gasteiger partial charge in [0.15, 0.2) is 35.0 Å². The molecular formula is C23H25FN10O8P2S2. The van der Waals surface area contributed by atoms with Crippen LogP contribution in [0.1, 0.15) is 18.7 Å². The second kappa shape index (κ2) is 11.1. The SMILES string of the molecule is Nc1ncnc2c1ncn2[C@@H]1O[C@@H]2COP(O)(=S)OC[C@@H]3[C@@H](COP(=O)(S)O[C@@H]1[C@@H]2F)C[C@H]3n1cnc2c(=O)[nH]c3nccn3c21. The Kier molecular flexibility index (Phi) is 7.37. The summed E-state index contributed by atoms with van der Waals surface area (Å²) >= 11 is 9.43. The highest BCUT2D eigenvalue weighted by molar-refractivity contribution is 8.44. The molecule has 2 saturated heterocycles. The van der Waals surface area contributed by atoms with Crippen LogP contribution in [0.15, 0.2) is 36.2 Å². The van der Waals surface area contributed by atoms with Gasteiger partial charge in [0.2, 0.25) is 5.78 Å². The van der Waals surface area contributed by atoms with Crippen LogP contribution in [0.25, 0.3) is 28.1 Å². The molecule has 0 amide bonds. The topological polar surface area (TPSA) is 221 Å². The highest BCUT2D eigenvalue weighted by atomic mass is 32.7. The van der Waals surface area contributed by atoms with Crippen molar-refractivity contribution in [1.29, 1.82) is 0 Å². The maximum absolute atomic E-state index is 15.9. The van der Waals surface area contributed by atoms with Crippen molar-refractivity contribution in [1.82, 2.24) is 43.4 Å². The molecule has 3 fully saturated rings. The first-order chi connectivity index (χ1) is 22.0. The van der Waals surface area contributed by atoms with Gasteiger partial charge in [-0.1, -0.05) is 12.2 Å². The minimum absolute atomic E-state index is 0.0916. The van der Waals surface area contributed by atoms with Gasteiger partial charge in [-0.2, -0.15) is 0 Å². The summed E-state index contributed by atoms with van der Waals surface area (Å²) in [6.07, 6.45) is 1.74. The second-order valence-electron chi connectivity index (χ2n) is 11.1. The second-order valence-corrected chi connectivity index (χ2v) is 16.8. The van der Waals surface area contributed by atoms with E-state index in [0.717, 1.165) is 0 Å². The van der Waals surface area contributed by atoms with Crippen molar-refractivity contribution < 1.29 is 36.7 Å². The molecule has 1 saturated carbocycles. The fraction of sp³-hybridized carbons (Fsp3) is 0.478. The average molecular weight is 715 g/mol. The number of hydrogen-bond donors (Lipinski definition) is 4. The summed E-state index contributed by atoms with van der Waals surface area (Å²) in [6, 6.07) is -0.294. The molecule has 2 unspecified atom stereocenters. The molecule has 244 valence electrons. The number of nitrogens with one attached hydrogen (secondary N) is 1. The molecule has 5 aromatic rings. The van der Waals surface area contributed by atoms with Gasteiger partial charge >= 0.3 is 13.5 Å². The lowest BCUT2D eigenvalue weighted by Gasteiger charge is -2.45. The van der Waals surface area contributed by atoms with Crippen LogP contribution >= 0.6 is 25.8 Å². The molecule has 9 atom stereocenters. The van der Waals surface area contributed by atoms with E-state index in [-0.39, 0.29) is 53.6 Å². The Labute approximate surface area is 267 Å². The van der Waals surface area contributed by atoms with Crippen molar-refractivity contribution in [3.8, 4) is 0 Å². The van der Waals surface area contributed by atoms with Crippen LogP contribution in [-0.4, -0.2) is 86.5 Å². The van der Waals surface area contributed by atoms with Crippen molar-refractivity contribution in [2.75, 3.05) is 25.6 Å². The zero-order valence-corrected chi connectivity index (χ0v) is 26.8. The number of H-pyrrole nitrogens is 1. The van der Waals surface area contributed by atoms with Crippen LogP contribution in [0.2, 0.25) is 0 Å². The number of anilines is 1. The summed E-state index contributed by atoms with van der Waals surface area (Å²) in [6.45, 7) is -8.84. The zero-order chi connectivity index (χ0) is 32.0. The van der Waals surface area contributed by atoms with Gasteiger partial charge in [-0.25, -0.2) is 33.9 Å². The number of imidazole rings is 3. The minimum Gasteiger partial charge on any atom is -0.382 e. The molecule has 3 aliphatic rings. The molecule has 7 heterocycles. The summed E-state index contributed by atoms with van der Waals surface area (Å²) in [5.74, 6) is -0.240. The van der Waals surface area contributed by atoms with Gasteiger partial charge in [-0.05, 0) is 24.1 Å². The van der Waals surface area contributed by atoms with Crippen LogP contribution in [-0.2, 0) is 39.2 Å². The number of nitrogens with zero attached hydrogens (tertiary/aromatic N) is 8. The van der Waals surface area contributed by atoms with Gasteiger partial charge < -0.3 is 33.5 Å². The standard InChI is InChI=1S/C23H25FN10O8P2S2/c24-14-13-6-40-43(36,45)39-5-11-10(3-12(11)33-8-30-16-20(35)31-23-26-1-2-32(23)21(16)33)4-38-44(37,46)42-17(14)22(41-13)34-9-29-15-18(25)27-7-28-19(15)34/h1-2,7-14,17,22H,3-6H2,(H,36,45)(H,37,46)(H2,25,27,28)(H,26,31,35)/t10-,11-,12-,13-,14-,17-,22-,43?,44?/m1/s1. The van der Waals surface area contributed by atoms with Crippen LogP contribution in [0.5, 0.6) is 0 Å². The van der Waals surface area contributed by atoms with E-state index in [1.807, 2.05) is 4.57 Å². The van der Waals surface area contributed by atoms with Gasteiger partial charge in [0.05, 0.1) is 32.5 Å². The van der Waals surface area contributed by atoms with E-state index >= 15 is 4.39 Å². The summed E-state index contributed by atoms with van der Waals surface area (Å²) in [5, 5.41) is 0. The number of halogens is 1. The number of hydrogen-bond acceptors (Lipinski definition) is 14. The molecule has 4 N–H and O–H groups in total. The zero-order valence-electron chi connectivity index (χ0n) is 23.3. The average Bonchev–Trinajstić information content (AvgIpc) is 3.78. The maximum atomic E-state index is 15.9. The van der Waals surface area contributed by atoms with Gasteiger partial charge in [0.25, 0.3) is 5.56 Å². The maximum Gasteiger partial charge on any atom is 0.386 e. The Hall–Kier alpha value is -2.84. The number of thiol groups is 1. The third-order valence-electron chi connectivity index (χ3n) is 8.54. The third-order valence-corrected chi connectivity index (χ3v) is 11.7. The minimum atomic E-state index is -4.20. The number of fused-ring (bicyclic) bond motifs is 7. The number of nitrogens with two attached hydrogens (primary N) is 1. The van der Waals surface area contributed by atoms with Gasteiger partial charge in [0.1, 0.15) is 24.1 Å². The first-order valence-corrected chi connectivity index (χ1v) is 19.2. The van der Waals surface area contributed by atoms with Crippen LogP contribution in [0, 0.1) is 11.8 Å². The van der Waals surface area contributed by atoms with E-state index in [0.29, 0.717) is 17.8 Å². The van der Waals surface area contributed by atoms with E-state index in [2.05, 4.69) is 42.2 Å². The molecule has 8 rings (SSSR count). The Morgan fingerprint density at radius 2 is 1.87 bits per heavy atom. The molecular weight excluding hydrogens is 689 g/mol. The molecule has 0 radical (unpaired) electrons. The Morgan fingerprint density at radius 3 is 2.72 bits per heavy atom. The molecule has 5 aromatic heterocycles. The summed E-state index contributed by atoms with van der Waals surface area (Å²) in [7, 11) is 0. The molecule has 1 aliphatic carbocycles. The largest absolute Gasteiger partial charge is 0.386 e. The van der Waals surface area contributed by atoms with Crippen molar-refractivity contribution in [3.63, 3.8) is 0 Å². The van der Waals surface area contributed by atoms with E-state index in [4.69, 9.17) is 40.4 Å². The molecule has 18 nitrogen and oxygen atoms in total. The fourth-order valence-corrected chi connectivity index (χ4v) is 8.87. The molecule has 0 spiro atoms. The molecule has 0 aromatic carbocycles. The lowest BCUT2D eigenvalue weighted by atomic mass is 9.70. The predicted molar refractivity (Wildman–Crippen MR) is 164 cm³/mol. The number of ether oxygens (including phenoxy) is 1. The lowest BCUT2D eigenvalue weighted by Crippen LogP contribution is -2.43. The number of aromatic nitrogens is 9. The van der Waals surface area contributed by atoms with Crippen LogP contribution in [0.3, 0.4) is 0 Å². The van der Waals surface area contributed by atoms with E-state index in [1.54, 1.807) is 23.1 Å². The quantitative estimate of drug-likeness (QED) is 0.152. The van der Waals surface area contributed by atoms with Crippen LogP contribution in [0.4, 0.5) is 10.2 Å². The highest BCUT2D eigenvalue weighted by Gasteiger charge is 2.52. The monoisotopic (exact) mass is 714 g/mol. The fourth-order valence-electron chi connectivity index (χ4n) is 6.24. The normalized spacial score (nSPS) is 35.7. The third kappa shape index (κ3) is 5.09. The molecule has 46 heavy (non-hydrogen) atoms. The van der Waals surface area contributed by atoms with Crippen molar-refractivity contribution in [3.05, 3.63) is 41.7 Å². The van der Waals surface area contributed by atoms with E-state index in [9.17, 15) is 14.3 Å². The Balaban J connectivity index is 1.10. The Bertz CT molecular complexity index is 2140. The molecule has 23 heteroatoms. The number of rotatable bonds is 2. The van der Waals surface area contributed by atoms with Crippen molar-refractivity contribution in [2.45, 2.75) is 37.1 Å². The smallest absolute Gasteiger partial charge is 0.382 e. The summed E-state index contributed by atoms with van der Waals surface area (Å²) < 4.78 is 63.0. The van der Waals surface area contributed by atoms with E-state index in [1.165, 1.54) is 17.2 Å². The Morgan fingerprint density at radius 1 is 1.09 bits per heavy atom. The van der Waals surface area contributed by atoms with Gasteiger partial charge in [-0.15, -0.1) is 0 Å². The van der Waals surface area contributed by atoms with Gasteiger partial charge in [-0.3, -0.25) is 23.3 Å². The number of aromatic amines is 1. The van der Waals surface area contributed by atoms with Gasteiger partial charge in [0, 0.05) is 24.4 Å². The predicted octanol–water partition coefficient (Wildman–Crippen LogP) is 1.91. The molecule has 2 bridgehead atoms. The van der Waals surface area contributed by atoms with Crippen LogP contribution < -0.4 is 11.3 Å². The summed E-state index contributed by atoms with van der Waals surface area (Å²) in [5.41, 5.74) is 6.69. The lowest BCUT2D eigenvalue weighted by molar-refractivity contribution is -0.0448. The highest BCUT2D eigenvalue weighted by Crippen LogP contribution is 2.59. The first-order valence-electron chi connectivity index (χ1n) is 13.9. The van der Waals surface area contributed by atoms with Crippen molar-refractivity contribution >= 4 is 71.5 Å². The summed E-state index contributed by atoms with van der Waals surface area (Å²) in [4.78, 5) is 47.0. The van der Waals surface area contributed by atoms with Crippen molar-refractivity contribution in [2.24, 2.45) is 11.8 Å². The first kappa shape index (κ1) is 30.5. The number of alkyl halides is 1. The number of nitrogen functional groups attached to an aromatic ring is 1. The molecule has 2 aliphatic heterocycles. The van der Waals surface area contributed by atoms with E-state index < -0.39 is 50.3 Å².